The topological polar surface area (TPSA) is 20.5 Å². The van der Waals surface area contributed by atoms with Crippen LogP contribution in [0.2, 0.25) is 0 Å². The zero-order valence-electron chi connectivity index (χ0n) is 5.60. The highest BCUT2D eigenvalue weighted by Gasteiger charge is 2.05. The fraction of sp³-hybridized carbons (Fsp3) is 0.667. The second kappa shape index (κ2) is 3.36. The Morgan fingerprint density at radius 3 is 2.12 bits per heavy atom. The largest absolute Gasteiger partial charge is 0.470 e. The summed E-state index contributed by atoms with van der Waals surface area (Å²) < 4.78 is 9.40. The predicted octanol–water partition coefficient (Wildman–Crippen LogP) is 1.14. The minimum Gasteiger partial charge on any atom is -0.470 e. The van der Waals surface area contributed by atoms with Crippen LogP contribution in [0, 0.1) is 13.0 Å². The van der Waals surface area contributed by atoms with Crippen molar-refractivity contribution in [1.29, 1.82) is 0 Å². The van der Waals surface area contributed by atoms with Crippen molar-refractivity contribution in [2.75, 3.05) is 7.11 Å². The molecule has 2 nitrogen and oxygen atoms in total. The maximum atomic E-state index is 4.79. The van der Waals surface area contributed by atoms with Crippen LogP contribution >= 0.6 is 0 Å². The van der Waals surface area contributed by atoms with Gasteiger partial charge in [0.15, 0.2) is 7.11 Å². The minimum absolute atomic E-state index is 0.289. The third kappa shape index (κ3) is 1.87. The lowest BCUT2D eigenvalue weighted by Gasteiger charge is -2.01. The van der Waals surface area contributed by atoms with E-state index in [1.54, 1.807) is 7.11 Å². The van der Waals surface area contributed by atoms with E-state index in [4.69, 9.17) is 4.74 Å². The molecule has 0 bridgehead atoms. The van der Waals surface area contributed by atoms with E-state index in [-0.39, 0.29) is 5.92 Å². The summed E-state index contributed by atoms with van der Waals surface area (Å²) in [7, 11) is 4.79. The van der Waals surface area contributed by atoms with Gasteiger partial charge in [-0.3, -0.25) is 0 Å². The second-order valence-electron chi connectivity index (χ2n) is 1.82. The molecule has 0 aliphatic carbocycles. The Balaban J connectivity index is 3.72. The molecule has 0 spiro atoms. The third-order valence-corrected chi connectivity index (χ3v) is 0.815. The number of rotatable bonds is 1. The molecule has 0 aliphatic heterocycles. The van der Waals surface area contributed by atoms with Crippen LogP contribution in [0.15, 0.2) is 0 Å². The summed E-state index contributed by atoms with van der Waals surface area (Å²) in [6, 6.07) is 0. The molecule has 0 fully saturated rings. The van der Waals surface area contributed by atoms with E-state index in [1.807, 2.05) is 13.8 Å². The molecule has 0 aliphatic rings. The molecular weight excluding hydrogens is 104 g/mol. The molecule has 0 aromatic carbocycles. The summed E-state index contributed by atoms with van der Waals surface area (Å²) in [6.07, 6.45) is 0. The summed E-state index contributed by atoms with van der Waals surface area (Å²) >= 11 is 0. The van der Waals surface area contributed by atoms with E-state index < -0.39 is 0 Å². The highest BCUT2D eigenvalue weighted by molar-refractivity contribution is 5.71. The maximum absolute atomic E-state index is 4.79. The van der Waals surface area contributed by atoms with Gasteiger partial charge in [-0.15, -0.1) is 0 Å². The zero-order valence-corrected chi connectivity index (χ0v) is 5.60. The van der Waals surface area contributed by atoms with Crippen molar-refractivity contribution >= 4 is 5.97 Å². The fourth-order valence-electron chi connectivity index (χ4n) is 0.461. The van der Waals surface area contributed by atoms with Gasteiger partial charge in [0.25, 0.3) is 0 Å². The SMILES string of the molecule is [CH2-]/[O+]=C(\OC)C(C)C. The normalized spacial score (nSPS) is 12.2. The molecule has 0 aromatic rings. The number of hydrogen-bond donors (Lipinski definition) is 0. The predicted molar refractivity (Wildman–Crippen MR) is 32.2 cm³/mol. The van der Waals surface area contributed by atoms with Crippen LogP contribution in [0.3, 0.4) is 0 Å². The standard InChI is InChI=1S/C6H12O2/c1-5(2)6(7-3)8-4/h5H,3H2,1-2,4H3. The van der Waals surface area contributed by atoms with Crippen molar-refractivity contribution < 1.29 is 9.16 Å². The summed E-state index contributed by atoms with van der Waals surface area (Å²) in [6.45, 7) is 3.95. The molecule has 8 heavy (non-hydrogen) atoms. The Kier molecular flexibility index (Phi) is 3.08. The quantitative estimate of drug-likeness (QED) is 0.286. The van der Waals surface area contributed by atoms with E-state index in [9.17, 15) is 0 Å². The molecule has 2 heteroatoms. The van der Waals surface area contributed by atoms with Crippen LogP contribution in [0.5, 0.6) is 0 Å². The average molecular weight is 116 g/mol. The van der Waals surface area contributed by atoms with Gasteiger partial charge in [0.1, 0.15) is 0 Å². The Morgan fingerprint density at radius 2 is 2.12 bits per heavy atom. The Hall–Kier alpha value is -0.660. The molecule has 0 unspecified atom stereocenters. The summed E-state index contributed by atoms with van der Waals surface area (Å²) in [5.41, 5.74) is 0. The summed E-state index contributed by atoms with van der Waals surface area (Å²) in [5.74, 6) is 0.863. The number of ether oxygens (including phenoxy) is 1. The molecule has 0 amide bonds. The molecular formula is C6H12O2. The van der Waals surface area contributed by atoms with Gasteiger partial charge in [0.2, 0.25) is 0 Å². The van der Waals surface area contributed by atoms with Crippen molar-refractivity contribution in [2.24, 2.45) is 5.92 Å². The van der Waals surface area contributed by atoms with Gasteiger partial charge >= 0.3 is 5.97 Å². The summed E-state index contributed by atoms with van der Waals surface area (Å²) in [4.78, 5) is 0. The lowest BCUT2D eigenvalue weighted by Crippen LogP contribution is -2.10. The first kappa shape index (κ1) is 7.34. The molecule has 0 saturated carbocycles. The van der Waals surface area contributed by atoms with Crippen molar-refractivity contribution in [3.63, 3.8) is 0 Å². The minimum atomic E-state index is 0.289. The number of carbonyl (C=O) groups excluding carboxylic acids is 1. The lowest BCUT2D eigenvalue weighted by atomic mass is 10.2. The first-order valence-corrected chi connectivity index (χ1v) is 2.55. The molecule has 0 saturated heterocycles. The highest BCUT2D eigenvalue weighted by atomic mass is 16.6. The van der Waals surface area contributed by atoms with E-state index in [0.717, 1.165) is 0 Å². The van der Waals surface area contributed by atoms with Gasteiger partial charge in [-0.05, 0) is 0 Å². The van der Waals surface area contributed by atoms with E-state index in [1.165, 1.54) is 0 Å². The van der Waals surface area contributed by atoms with Crippen molar-refractivity contribution in [1.82, 2.24) is 0 Å². The van der Waals surface area contributed by atoms with E-state index in [2.05, 4.69) is 11.5 Å². The van der Waals surface area contributed by atoms with Crippen molar-refractivity contribution in [2.45, 2.75) is 13.8 Å². The van der Waals surface area contributed by atoms with Crippen molar-refractivity contribution in [3.05, 3.63) is 7.11 Å². The molecule has 0 N–H and O–H groups in total. The Bertz CT molecular complexity index is 84.5. The smallest absolute Gasteiger partial charge is 0.338 e. The molecule has 0 atom stereocenters. The molecule has 0 radical (unpaired) electrons. The van der Waals surface area contributed by atoms with Crippen LogP contribution in [0.25, 0.3) is 0 Å². The lowest BCUT2D eigenvalue weighted by molar-refractivity contribution is -0.397. The van der Waals surface area contributed by atoms with Crippen LogP contribution in [-0.4, -0.2) is 13.1 Å². The van der Waals surface area contributed by atoms with Gasteiger partial charge in [-0.25, -0.2) is 0 Å². The number of methoxy groups -OCH3 is 1. The van der Waals surface area contributed by atoms with Crippen molar-refractivity contribution in [3.8, 4) is 0 Å². The zero-order chi connectivity index (χ0) is 6.57. The molecule has 0 heterocycles. The average Bonchev–Trinajstić information content (AvgIpc) is 1.69. The van der Waals surface area contributed by atoms with Gasteiger partial charge in [0, 0.05) is 13.0 Å². The van der Waals surface area contributed by atoms with Gasteiger partial charge in [-0.2, -0.15) is 0 Å². The van der Waals surface area contributed by atoms with Gasteiger partial charge in [-0.1, -0.05) is 13.8 Å². The van der Waals surface area contributed by atoms with Crippen LogP contribution in [0.4, 0.5) is 0 Å². The number of esters is 1. The molecule has 48 valence electrons. The number of hydrogen-bond acceptors (Lipinski definition) is 1. The van der Waals surface area contributed by atoms with Gasteiger partial charge in [0.05, 0.1) is 0 Å². The first-order valence-electron chi connectivity index (χ1n) is 2.55. The Labute approximate surface area is 50.2 Å². The highest BCUT2D eigenvalue weighted by Crippen LogP contribution is 1.93. The van der Waals surface area contributed by atoms with Crippen LogP contribution < -0.4 is 0 Å². The fourth-order valence-corrected chi connectivity index (χ4v) is 0.461. The second-order valence-corrected chi connectivity index (χ2v) is 1.82. The monoisotopic (exact) mass is 116 g/mol. The first-order chi connectivity index (χ1) is 3.72. The molecule has 0 rings (SSSR count). The third-order valence-electron chi connectivity index (χ3n) is 0.815. The van der Waals surface area contributed by atoms with E-state index in [0.29, 0.717) is 5.97 Å². The molecule has 0 aromatic heterocycles. The van der Waals surface area contributed by atoms with Crippen LogP contribution in [0.1, 0.15) is 13.8 Å². The van der Waals surface area contributed by atoms with E-state index >= 15 is 0 Å². The summed E-state index contributed by atoms with van der Waals surface area (Å²) in [5, 5.41) is 0. The Morgan fingerprint density at radius 1 is 1.62 bits per heavy atom. The maximum Gasteiger partial charge on any atom is 0.338 e. The van der Waals surface area contributed by atoms with Crippen LogP contribution in [-0.2, 0) is 9.16 Å². The van der Waals surface area contributed by atoms with Gasteiger partial charge < -0.3 is 9.16 Å².